The van der Waals surface area contributed by atoms with Crippen molar-refractivity contribution in [2.24, 2.45) is 5.73 Å². The molecule has 100 valence electrons. The Morgan fingerprint density at radius 1 is 1.20 bits per heavy atom. The van der Waals surface area contributed by atoms with Crippen LogP contribution >= 0.6 is 0 Å². The van der Waals surface area contributed by atoms with E-state index in [4.69, 9.17) is 5.73 Å². The van der Waals surface area contributed by atoms with Crippen LogP contribution in [0.2, 0.25) is 0 Å². The number of primary amides is 1. The number of nitrogens with two attached hydrogens (primary N) is 1. The number of carbonyl (C=O) groups is 1. The van der Waals surface area contributed by atoms with Crippen LogP contribution in [0, 0.1) is 0 Å². The van der Waals surface area contributed by atoms with Gasteiger partial charge in [-0.15, -0.1) is 0 Å². The third-order valence-corrected chi connectivity index (χ3v) is 4.12. The van der Waals surface area contributed by atoms with Gasteiger partial charge in [0, 0.05) is 0 Å². The molecule has 0 atom stereocenters. The van der Waals surface area contributed by atoms with Crippen molar-refractivity contribution in [1.29, 1.82) is 0 Å². The fourth-order valence-electron chi connectivity index (χ4n) is 1.98. The Morgan fingerprint density at radius 3 is 2.90 bits per heavy atom. The van der Waals surface area contributed by atoms with Crippen LogP contribution in [0.25, 0.3) is 11.0 Å². The fourth-order valence-corrected chi connectivity index (χ4v) is 3.13. The van der Waals surface area contributed by atoms with Gasteiger partial charge in [0.25, 0.3) is 0 Å². The van der Waals surface area contributed by atoms with E-state index in [0.29, 0.717) is 12.1 Å². The Balaban J connectivity index is 1.81. The van der Waals surface area contributed by atoms with E-state index in [-0.39, 0.29) is 15.0 Å². The van der Waals surface area contributed by atoms with Crippen molar-refractivity contribution < 1.29 is 4.79 Å². The topological polar surface area (TPSA) is 80.9 Å². The second-order valence-electron chi connectivity index (χ2n) is 4.36. The van der Waals surface area contributed by atoms with E-state index in [1.165, 1.54) is 0 Å². The van der Waals surface area contributed by atoms with Crippen molar-refractivity contribution in [2.45, 2.75) is 6.54 Å². The number of benzene rings is 2. The van der Waals surface area contributed by atoms with Gasteiger partial charge in [0.15, 0.2) is 0 Å². The Kier molecular flexibility index (Phi) is 3.50. The number of amides is 1. The molecule has 0 saturated carbocycles. The molecule has 2 aromatic carbocycles. The van der Waals surface area contributed by atoms with Gasteiger partial charge in [0.05, 0.1) is 0 Å². The van der Waals surface area contributed by atoms with Crippen molar-refractivity contribution in [3.05, 3.63) is 53.6 Å². The molecule has 20 heavy (non-hydrogen) atoms. The van der Waals surface area contributed by atoms with Crippen LogP contribution < -0.4 is 11.1 Å². The number of nitrogens with one attached hydrogen (secondary N) is 1. The summed E-state index contributed by atoms with van der Waals surface area (Å²) in [4.78, 5) is 11.2. The zero-order chi connectivity index (χ0) is 13.9. The monoisotopic (exact) mass is 332 g/mol. The first-order valence-electron chi connectivity index (χ1n) is 6.08. The predicted molar refractivity (Wildman–Crippen MR) is 78.8 cm³/mol. The molecular formula is C14H12N4OSe. The number of aromatic nitrogens is 2. The molecule has 1 aromatic heterocycles. The number of anilines is 1. The van der Waals surface area contributed by atoms with Gasteiger partial charge in [-0.1, -0.05) is 0 Å². The second kappa shape index (κ2) is 5.44. The van der Waals surface area contributed by atoms with E-state index in [9.17, 15) is 4.79 Å². The Bertz CT molecular complexity index is 768. The Labute approximate surface area is 122 Å². The van der Waals surface area contributed by atoms with Gasteiger partial charge in [-0.3, -0.25) is 0 Å². The van der Waals surface area contributed by atoms with Gasteiger partial charge in [0.2, 0.25) is 0 Å². The molecule has 0 bridgehead atoms. The van der Waals surface area contributed by atoms with E-state index < -0.39 is 5.91 Å². The van der Waals surface area contributed by atoms with Gasteiger partial charge in [0.1, 0.15) is 0 Å². The summed E-state index contributed by atoms with van der Waals surface area (Å²) in [5.41, 5.74) is 9.64. The van der Waals surface area contributed by atoms with Crippen molar-refractivity contribution >= 4 is 37.6 Å². The quantitative estimate of drug-likeness (QED) is 0.708. The number of hydrogen-bond acceptors (Lipinski definition) is 4. The third-order valence-electron chi connectivity index (χ3n) is 2.98. The van der Waals surface area contributed by atoms with Crippen LogP contribution in [0.5, 0.6) is 0 Å². The SMILES string of the molecule is NC(=O)c1cccc(CNc2cccc3n[se]nc23)c1. The summed E-state index contributed by atoms with van der Waals surface area (Å²) in [6.07, 6.45) is 0. The molecular weight excluding hydrogens is 319 g/mol. The Hall–Kier alpha value is -2.17. The summed E-state index contributed by atoms with van der Waals surface area (Å²) in [6.45, 7) is 0.611. The number of fused-ring (bicyclic) bond motifs is 1. The summed E-state index contributed by atoms with van der Waals surface area (Å²) < 4.78 is 8.76. The maximum absolute atomic E-state index is 11.2. The minimum atomic E-state index is -0.413. The first-order valence-corrected chi connectivity index (χ1v) is 7.61. The Morgan fingerprint density at radius 2 is 2.05 bits per heavy atom. The van der Waals surface area contributed by atoms with E-state index in [0.717, 1.165) is 22.3 Å². The van der Waals surface area contributed by atoms with Crippen molar-refractivity contribution in [3.63, 3.8) is 0 Å². The molecule has 0 unspecified atom stereocenters. The summed E-state index contributed by atoms with van der Waals surface area (Å²) >= 11 is -0.0357. The molecule has 1 heterocycles. The van der Waals surface area contributed by atoms with Crippen LogP contribution in [-0.4, -0.2) is 28.8 Å². The van der Waals surface area contributed by atoms with E-state index in [1.807, 2.05) is 30.3 Å². The van der Waals surface area contributed by atoms with E-state index in [1.54, 1.807) is 12.1 Å². The zero-order valence-electron chi connectivity index (χ0n) is 10.5. The standard InChI is InChI=1S/C14H12N4OSe/c15-14(19)10-4-1-3-9(7-10)8-16-11-5-2-6-12-13(11)18-20-17-12/h1-7,16H,8H2,(H2,15,19). The molecule has 0 saturated heterocycles. The molecule has 0 spiro atoms. The molecule has 0 aliphatic carbocycles. The molecule has 0 radical (unpaired) electrons. The van der Waals surface area contributed by atoms with Crippen molar-refractivity contribution in [1.82, 2.24) is 7.96 Å². The summed E-state index contributed by atoms with van der Waals surface area (Å²) in [5, 5.41) is 3.33. The van der Waals surface area contributed by atoms with Gasteiger partial charge in [-0.2, -0.15) is 0 Å². The summed E-state index contributed by atoms with van der Waals surface area (Å²) in [6, 6.07) is 13.2. The molecule has 5 nitrogen and oxygen atoms in total. The van der Waals surface area contributed by atoms with Crippen LogP contribution in [-0.2, 0) is 6.54 Å². The number of hydrogen-bond donors (Lipinski definition) is 2. The second-order valence-corrected chi connectivity index (χ2v) is 5.46. The van der Waals surface area contributed by atoms with Gasteiger partial charge < -0.3 is 0 Å². The fraction of sp³-hybridized carbons (Fsp3) is 0.0714. The van der Waals surface area contributed by atoms with Crippen LogP contribution in [0.15, 0.2) is 42.5 Å². The van der Waals surface area contributed by atoms with E-state index >= 15 is 0 Å². The van der Waals surface area contributed by atoms with Crippen molar-refractivity contribution in [3.8, 4) is 0 Å². The van der Waals surface area contributed by atoms with E-state index in [2.05, 4.69) is 13.3 Å². The number of nitrogens with zero attached hydrogens (tertiary/aromatic N) is 2. The predicted octanol–water partition coefficient (Wildman–Crippen LogP) is 1.40. The first kappa shape index (κ1) is 12.8. The number of carbonyl (C=O) groups excluding carboxylic acids is 1. The van der Waals surface area contributed by atoms with Crippen LogP contribution in [0.1, 0.15) is 15.9 Å². The van der Waals surface area contributed by atoms with Gasteiger partial charge in [-0.05, 0) is 0 Å². The molecule has 3 N–H and O–H groups in total. The number of rotatable bonds is 4. The minimum absolute atomic E-state index is 0.0357. The van der Waals surface area contributed by atoms with Crippen molar-refractivity contribution in [2.75, 3.05) is 5.32 Å². The first-order chi connectivity index (χ1) is 9.74. The zero-order valence-corrected chi connectivity index (χ0v) is 12.2. The van der Waals surface area contributed by atoms with Gasteiger partial charge >= 0.3 is 122 Å². The van der Waals surface area contributed by atoms with Crippen LogP contribution in [0.3, 0.4) is 0 Å². The molecule has 0 fully saturated rings. The molecule has 6 heteroatoms. The van der Waals surface area contributed by atoms with Crippen LogP contribution in [0.4, 0.5) is 5.69 Å². The molecule has 1 amide bonds. The molecule has 0 aliphatic heterocycles. The summed E-state index contributed by atoms with van der Waals surface area (Å²) in [7, 11) is 0. The molecule has 0 aliphatic rings. The molecule has 3 rings (SSSR count). The average Bonchev–Trinajstić information content (AvgIpc) is 2.94. The van der Waals surface area contributed by atoms with Gasteiger partial charge in [-0.25, -0.2) is 0 Å². The normalized spacial score (nSPS) is 10.6. The summed E-state index contributed by atoms with van der Waals surface area (Å²) in [5.74, 6) is -0.413. The third kappa shape index (κ3) is 2.57. The molecule has 3 aromatic rings. The average molecular weight is 331 g/mol. The maximum atomic E-state index is 11.2.